The van der Waals surface area contributed by atoms with Crippen LogP contribution in [-0.4, -0.2) is 34.1 Å². The third-order valence-electron chi connectivity index (χ3n) is 2.56. The number of ether oxygens (including phenoxy) is 1. The molecule has 0 aliphatic heterocycles. The van der Waals surface area contributed by atoms with E-state index in [0.29, 0.717) is 13.0 Å². The number of hydrogen-bond acceptors (Lipinski definition) is 4. The molecule has 0 saturated carbocycles. The molecular formula is C13H24N4O2. The molecule has 0 bridgehead atoms. The van der Waals surface area contributed by atoms with Crippen molar-refractivity contribution >= 4 is 6.09 Å². The molecule has 0 fully saturated rings. The first kappa shape index (κ1) is 15.5. The molecule has 1 heterocycles. The Balaban J connectivity index is 2.57. The van der Waals surface area contributed by atoms with Crippen LogP contribution in [0.15, 0.2) is 12.3 Å². The van der Waals surface area contributed by atoms with Gasteiger partial charge in [0.2, 0.25) is 0 Å². The van der Waals surface area contributed by atoms with Gasteiger partial charge < -0.3 is 15.8 Å². The first-order chi connectivity index (χ1) is 8.85. The van der Waals surface area contributed by atoms with Crippen LogP contribution in [0.2, 0.25) is 0 Å². The maximum absolute atomic E-state index is 11.7. The van der Waals surface area contributed by atoms with Crippen molar-refractivity contribution in [1.29, 1.82) is 0 Å². The number of carbonyl (C=O) groups excluding carboxylic acids is 1. The van der Waals surface area contributed by atoms with Crippen LogP contribution in [0, 0.1) is 0 Å². The highest BCUT2D eigenvalue weighted by atomic mass is 16.6. The van der Waals surface area contributed by atoms with Crippen LogP contribution in [0.1, 0.15) is 33.4 Å². The van der Waals surface area contributed by atoms with Gasteiger partial charge in [-0.3, -0.25) is 4.68 Å². The fraction of sp³-hybridized carbons (Fsp3) is 0.692. The van der Waals surface area contributed by atoms with E-state index in [2.05, 4.69) is 10.4 Å². The van der Waals surface area contributed by atoms with Crippen molar-refractivity contribution in [3.05, 3.63) is 18.0 Å². The van der Waals surface area contributed by atoms with Crippen molar-refractivity contribution in [2.45, 2.75) is 52.3 Å². The van der Waals surface area contributed by atoms with Gasteiger partial charge in [-0.15, -0.1) is 0 Å². The van der Waals surface area contributed by atoms with E-state index in [1.165, 1.54) is 0 Å². The lowest BCUT2D eigenvalue weighted by Crippen LogP contribution is -2.44. The van der Waals surface area contributed by atoms with E-state index in [-0.39, 0.29) is 6.04 Å². The Morgan fingerprint density at radius 3 is 2.79 bits per heavy atom. The molecule has 0 radical (unpaired) electrons. The lowest BCUT2D eigenvalue weighted by molar-refractivity contribution is 0.0505. The topological polar surface area (TPSA) is 82.2 Å². The third kappa shape index (κ3) is 5.30. The highest BCUT2D eigenvalue weighted by molar-refractivity contribution is 5.68. The van der Waals surface area contributed by atoms with Crippen LogP contribution in [0.25, 0.3) is 0 Å². The number of nitrogens with one attached hydrogen (secondary N) is 1. The monoisotopic (exact) mass is 268 g/mol. The molecule has 1 aromatic heterocycles. The second kappa shape index (κ2) is 6.56. The SMILES string of the molecule is CCn1nccc1CC(CN)NC(=O)OC(C)(C)C. The summed E-state index contributed by atoms with van der Waals surface area (Å²) in [4.78, 5) is 11.7. The second-order valence-electron chi connectivity index (χ2n) is 5.42. The van der Waals surface area contributed by atoms with Gasteiger partial charge in [0.15, 0.2) is 0 Å². The Morgan fingerprint density at radius 1 is 1.58 bits per heavy atom. The van der Waals surface area contributed by atoms with Crippen molar-refractivity contribution < 1.29 is 9.53 Å². The predicted octanol–water partition coefficient (Wildman–Crippen LogP) is 1.30. The molecule has 0 aliphatic carbocycles. The number of aryl methyl sites for hydroxylation is 1. The van der Waals surface area contributed by atoms with E-state index in [4.69, 9.17) is 10.5 Å². The lowest BCUT2D eigenvalue weighted by atomic mass is 10.1. The Bertz CT molecular complexity index is 409. The van der Waals surface area contributed by atoms with Crippen molar-refractivity contribution in [3.63, 3.8) is 0 Å². The summed E-state index contributed by atoms with van der Waals surface area (Å²) in [5.41, 5.74) is 6.24. The molecule has 6 nitrogen and oxygen atoms in total. The van der Waals surface area contributed by atoms with Gasteiger partial charge in [-0.1, -0.05) is 0 Å². The smallest absolute Gasteiger partial charge is 0.407 e. The standard InChI is InChI=1S/C13H24N4O2/c1-5-17-11(6-7-15-17)8-10(9-14)16-12(18)19-13(2,3)4/h6-7,10H,5,8-9,14H2,1-4H3,(H,16,18). The minimum atomic E-state index is -0.506. The van der Waals surface area contributed by atoms with Gasteiger partial charge in [-0.25, -0.2) is 4.79 Å². The van der Waals surface area contributed by atoms with E-state index in [1.807, 2.05) is 38.4 Å². The van der Waals surface area contributed by atoms with Gasteiger partial charge in [-0.05, 0) is 33.8 Å². The maximum Gasteiger partial charge on any atom is 0.407 e. The van der Waals surface area contributed by atoms with Crippen LogP contribution >= 0.6 is 0 Å². The molecule has 1 amide bonds. The number of nitrogens with zero attached hydrogens (tertiary/aromatic N) is 2. The molecule has 1 rings (SSSR count). The van der Waals surface area contributed by atoms with Crippen LogP contribution in [0.4, 0.5) is 4.79 Å². The summed E-state index contributed by atoms with van der Waals surface area (Å²) >= 11 is 0. The highest BCUT2D eigenvalue weighted by Crippen LogP contribution is 2.08. The number of nitrogens with two attached hydrogens (primary N) is 1. The molecule has 1 atom stereocenters. The molecule has 1 aromatic rings. The molecule has 1 unspecified atom stereocenters. The van der Waals surface area contributed by atoms with Gasteiger partial charge in [0.1, 0.15) is 5.60 Å². The zero-order chi connectivity index (χ0) is 14.5. The normalized spacial score (nSPS) is 13.1. The first-order valence-corrected chi connectivity index (χ1v) is 6.56. The van der Waals surface area contributed by atoms with E-state index >= 15 is 0 Å². The summed E-state index contributed by atoms with van der Waals surface area (Å²) in [6.45, 7) is 8.66. The quantitative estimate of drug-likeness (QED) is 0.843. The van der Waals surface area contributed by atoms with Gasteiger partial charge in [0, 0.05) is 37.4 Å². The fourth-order valence-electron chi connectivity index (χ4n) is 1.74. The van der Waals surface area contributed by atoms with Crippen LogP contribution in [-0.2, 0) is 17.7 Å². The minimum Gasteiger partial charge on any atom is -0.444 e. The maximum atomic E-state index is 11.7. The zero-order valence-electron chi connectivity index (χ0n) is 12.1. The Labute approximate surface area is 114 Å². The van der Waals surface area contributed by atoms with E-state index < -0.39 is 11.7 Å². The Kier molecular flexibility index (Phi) is 5.35. The molecule has 108 valence electrons. The molecule has 6 heteroatoms. The average Bonchev–Trinajstić information content (AvgIpc) is 2.72. The average molecular weight is 268 g/mol. The van der Waals surface area contributed by atoms with E-state index in [0.717, 1.165) is 12.2 Å². The summed E-state index contributed by atoms with van der Waals surface area (Å²) < 4.78 is 7.11. The van der Waals surface area contributed by atoms with Gasteiger partial charge in [0.05, 0.1) is 0 Å². The molecule has 0 aliphatic rings. The number of carbonyl (C=O) groups is 1. The number of alkyl carbamates (subject to hydrolysis) is 1. The van der Waals surface area contributed by atoms with Gasteiger partial charge >= 0.3 is 6.09 Å². The van der Waals surface area contributed by atoms with Crippen molar-refractivity contribution in [1.82, 2.24) is 15.1 Å². The summed E-state index contributed by atoms with van der Waals surface area (Å²) in [6.07, 6.45) is 1.95. The van der Waals surface area contributed by atoms with Crippen molar-refractivity contribution in [2.24, 2.45) is 5.73 Å². The van der Waals surface area contributed by atoms with Gasteiger partial charge in [0.25, 0.3) is 0 Å². The number of aromatic nitrogens is 2. The predicted molar refractivity (Wildman–Crippen MR) is 73.8 cm³/mol. The highest BCUT2D eigenvalue weighted by Gasteiger charge is 2.19. The summed E-state index contributed by atoms with van der Waals surface area (Å²) in [7, 11) is 0. The van der Waals surface area contributed by atoms with Crippen LogP contribution < -0.4 is 11.1 Å². The fourth-order valence-corrected chi connectivity index (χ4v) is 1.74. The number of rotatable bonds is 5. The van der Waals surface area contributed by atoms with Crippen molar-refractivity contribution in [2.75, 3.05) is 6.54 Å². The second-order valence-corrected chi connectivity index (χ2v) is 5.42. The summed E-state index contributed by atoms with van der Waals surface area (Å²) in [5.74, 6) is 0. The minimum absolute atomic E-state index is 0.156. The van der Waals surface area contributed by atoms with Crippen LogP contribution in [0.5, 0.6) is 0 Å². The molecule has 0 saturated heterocycles. The first-order valence-electron chi connectivity index (χ1n) is 6.56. The van der Waals surface area contributed by atoms with Gasteiger partial charge in [-0.2, -0.15) is 5.10 Å². The molecule has 0 aromatic carbocycles. The Morgan fingerprint density at radius 2 is 2.26 bits per heavy atom. The third-order valence-corrected chi connectivity index (χ3v) is 2.56. The zero-order valence-corrected chi connectivity index (χ0v) is 12.1. The molecule has 3 N–H and O–H groups in total. The van der Waals surface area contributed by atoms with Crippen molar-refractivity contribution in [3.8, 4) is 0 Å². The Hall–Kier alpha value is -1.56. The molecular weight excluding hydrogens is 244 g/mol. The summed E-state index contributed by atoms with van der Waals surface area (Å²) in [6, 6.07) is 1.78. The number of hydrogen-bond donors (Lipinski definition) is 2. The van der Waals surface area contributed by atoms with E-state index in [9.17, 15) is 4.79 Å². The number of amides is 1. The molecule has 19 heavy (non-hydrogen) atoms. The van der Waals surface area contributed by atoms with E-state index in [1.54, 1.807) is 6.20 Å². The largest absolute Gasteiger partial charge is 0.444 e. The lowest BCUT2D eigenvalue weighted by Gasteiger charge is -2.23. The molecule has 0 spiro atoms. The summed E-state index contributed by atoms with van der Waals surface area (Å²) in [5, 5.41) is 6.98. The van der Waals surface area contributed by atoms with Crippen LogP contribution in [0.3, 0.4) is 0 Å².